The summed E-state index contributed by atoms with van der Waals surface area (Å²) in [6.07, 6.45) is 3.01. The second-order valence-corrected chi connectivity index (χ2v) is 7.49. The number of aromatic nitrogens is 2. The van der Waals surface area contributed by atoms with Gasteiger partial charge in [-0.3, -0.25) is 0 Å². The van der Waals surface area contributed by atoms with Gasteiger partial charge in [-0.05, 0) is 17.7 Å². The maximum absolute atomic E-state index is 12.0. The van der Waals surface area contributed by atoms with Crippen molar-refractivity contribution in [1.29, 1.82) is 0 Å². The first kappa shape index (κ1) is 16.1. The molecule has 2 N–H and O–H groups in total. The third kappa shape index (κ3) is 3.32. The molecular formula is C12H14Cl2N4O2S. The molecule has 0 spiro atoms. The highest BCUT2D eigenvalue weighted by Crippen LogP contribution is 2.29. The maximum atomic E-state index is 12.0. The van der Waals surface area contributed by atoms with E-state index in [1.165, 1.54) is 26.6 Å². The fraction of sp³-hybridized carbons (Fsp3) is 0.250. The summed E-state index contributed by atoms with van der Waals surface area (Å²) in [6.45, 7) is 0. The van der Waals surface area contributed by atoms with Gasteiger partial charge in [-0.15, -0.1) is 0 Å². The quantitative estimate of drug-likeness (QED) is 0.857. The van der Waals surface area contributed by atoms with E-state index in [0.717, 1.165) is 8.28 Å². The minimum atomic E-state index is -3.57. The number of benzene rings is 1. The Morgan fingerprint density at radius 3 is 2.62 bits per heavy atom. The number of rotatable bonds is 4. The monoisotopic (exact) mass is 348 g/mol. The molecule has 6 nitrogen and oxygen atoms in total. The first-order chi connectivity index (χ1) is 9.71. The number of nitrogens with zero attached hydrogens (tertiary/aromatic N) is 3. The van der Waals surface area contributed by atoms with Crippen molar-refractivity contribution in [2.75, 3.05) is 19.8 Å². The molecule has 0 unspecified atom stereocenters. The average Bonchev–Trinajstić information content (AvgIpc) is 2.84. The molecule has 0 saturated heterocycles. The molecule has 21 heavy (non-hydrogen) atoms. The number of halogens is 2. The molecule has 1 aromatic carbocycles. The van der Waals surface area contributed by atoms with E-state index in [-0.39, 0.29) is 0 Å². The lowest BCUT2D eigenvalue weighted by molar-refractivity contribution is 0.510. The van der Waals surface area contributed by atoms with Crippen molar-refractivity contribution in [3.05, 3.63) is 46.0 Å². The van der Waals surface area contributed by atoms with Crippen LogP contribution in [0.25, 0.3) is 0 Å². The summed E-state index contributed by atoms with van der Waals surface area (Å²) in [6, 6.07) is 3.24. The van der Waals surface area contributed by atoms with Gasteiger partial charge in [0.25, 0.3) is 0 Å². The van der Waals surface area contributed by atoms with Crippen LogP contribution in [0.5, 0.6) is 0 Å². The van der Waals surface area contributed by atoms with Crippen molar-refractivity contribution in [2.24, 2.45) is 0 Å². The summed E-state index contributed by atoms with van der Waals surface area (Å²) >= 11 is 12.1. The van der Waals surface area contributed by atoms with Gasteiger partial charge in [0.15, 0.2) is 0 Å². The van der Waals surface area contributed by atoms with E-state index >= 15 is 0 Å². The van der Waals surface area contributed by atoms with Gasteiger partial charge >= 0.3 is 10.2 Å². The number of hydrogen-bond acceptors (Lipinski definition) is 4. The molecule has 0 fully saturated rings. The highest BCUT2D eigenvalue weighted by atomic mass is 35.5. The minimum absolute atomic E-state index is 0.333. The average molecular weight is 349 g/mol. The summed E-state index contributed by atoms with van der Waals surface area (Å²) in [5, 5.41) is 0.858. The van der Waals surface area contributed by atoms with E-state index in [2.05, 4.69) is 4.98 Å². The fourth-order valence-corrected chi connectivity index (χ4v) is 2.97. The normalized spacial score (nSPS) is 12.0. The van der Waals surface area contributed by atoms with Crippen molar-refractivity contribution in [3.63, 3.8) is 0 Å². The molecule has 2 aromatic rings. The Bertz CT molecular complexity index is 772. The lowest BCUT2D eigenvalue weighted by Crippen LogP contribution is -2.27. The third-order valence-corrected chi connectivity index (χ3v) is 5.19. The highest BCUT2D eigenvalue weighted by molar-refractivity contribution is 7.87. The number of nitrogens with two attached hydrogens (primary N) is 1. The Hall–Kier alpha value is -1.28. The number of imidazole rings is 1. The van der Waals surface area contributed by atoms with E-state index in [1.54, 1.807) is 12.1 Å². The SMILES string of the molecule is CN(C)S(=O)(=O)n1cnc(Cc2cc(Cl)cc(N)c2Cl)c1. The van der Waals surface area contributed by atoms with Crippen molar-refractivity contribution in [2.45, 2.75) is 6.42 Å². The van der Waals surface area contributed by atoms with Crippen LogP contribution < -0.4 is 5.73 Å². The molecule has 114 valence electrons. The summed E-state index contributed by atoms with van der Waals surface area (Å²) in [5.74, 6) is 0. The van der Waals surface area contributed by atoms with Gasteiger partial charge in [-0.2, -0.15) is 12.7 Å². The van der Waals surface area contributed by atoms with Crippen molar-refractivity contribution >= 4 is 39.1 Å². The highest BCUT2D eigenvalue weighted by Gasteiger charge is 2.17. The number of hydrogen-bond donors (Lipinski definition) is 1. The minimum Gasteiger partial charge on any atom is -0.397 e. The molecule has 0 aliphatic heterocycles. The molecule has 0 saturated carbocycles. The van der Waals surface area contributed by atoms with Crippen LogP contribution in [0.4, 0.5) is 5.69 Å². The second-order valence-electron chi connectivity index (χ2n) is 4.63. The van der Waals surface area contributed by atoms with Gasteiger partial charge in [0.1, 0.15) is 6.33 Å². The van der Waals surface area contributed by atoms with Gasteiger partial charge in [0.2, 0.25) is 0 Å². The summed E-state index contributed by atoms with van der Waals surface area (Å²) in [4.78, 5) is 4.08. The first-order valence-electron chi connectivity index (χ1n) is 5.91. The third-order valence-electron chi connectivity index (χ3n) is 2.85. The molecule has 0 atom stereocenters. The zero-order valence-corrected chi connectivity index (χ0v) is 13.7. The predicted molar refractivity (Wildman–Crippen MR) is 83.9 cm³/mol. The van der Waals surface area contributed by atoms with Crippen molar-refractivity contribution in [1.82, 2.24) is 13.3 Å². The molecule has 0 amide bonds. The molecular weight excluding hydrogens is 335 g/mol. The van der Waals surface area contributed by atoms with Crippen LogP contribution in [0.15, 0.2) is 24.7 Å². The second kappa shape index (κ2) is 5.84. The largest absolute Gasteiger partial charge is 0.397 e. The van der Waals surface area contributed by atoms with Crippen LogP contribution >= 0.6 is 23.2 Å². The van der Waals surface area contributed by atoms with Crippen LogP contribution in [0.1, 0.15) is 11.3 Å². The smallest absolute Gasteiger partial charge is 0.308 e. The Morgan fingerprint density at radius 1 is 1.33 bits per heavy atom. The molecule has 0 aliphatic carbocycles. The van der Waals surface area contributed by atoms with Gasteiger partial charge in [-0.25, -0.2) is 8.96 Å². The number of nitrogen functional groups attached to an aromatic ring is 1. The molecule has 9 heteroatoms. The summed E-state index contributed by atoms with van der Waals surface area (Å²) < 4.78 is 26.1. The Balaban J connectivity index is 2.33. The van der Waals surface area contributed by atoms with Crippen LogP contribution in [0, 0.1) is 0 Å². The van der Waals surface area contributed by atoms with Crippen LogP contribution in [-0.4, -0.2) is 35.8 Å². The standard InChI is InChI=1S/C12H14Cl2N4O2S/c1-17(2)21(19,20)18-6-10(16-7-18)4-8-3-9(13)5-11(15)12(8)14/h3,5-7H,4,15H2,1-2H3. The van der Waals surface area contributed by atoms with Gasteiger partial charge in [-0.1, -0.05) is 23.2 Å². The van der Waals surface area contributed by atoms with E-state index in [1.807, 2.05) is 0 Å². The summed E-state index contributed by atoms with van der Waals surface area (Å²) in [7, 11) is -0.675. The molecule has 0 radical (unpaired) electrons. The molecule has 1 aromatic heterocycles. The zero-order valence-electron chi connectivity index (χ0n) is 11.4. The van der Waals surface area contributed by atoms with Crippen LogP contribution in [-0.2, 0) is 16.6 Å². The van der Waals surface area contributed by atoms with Crippen molar-refractivity contribution in [3.8, 4) is 0 Å². The van der Waals surface area contributed by atoms with E-state index in [9.17, 15) is 8.42 Å². The lowest BCUT2D eigenvalue weighted by Gasteiger charge is -2.10. The maximum Gasteiger partial charge on any atom is 0.308 e. The zero-order chi connectivity index (χ0) is 15.8. The van der Waals surface area contributed by atoms with Gasteiger partial charge < -0.3 is 5.73 Å². The molecule has 1 heterocycles. The topological polar surface area (TPSA) is 81.2 Å². The predicted octanol–water partition coefficient (Wildman–Crippen LogP) is 2.02. The van der Waals surface area contributed by atoms with Gasteiger partial charge in [0.05, 0.1) is 16.4 Å². The summed E-state index contributed by atoms with van der Waals surface area (Å²) in [5.41, 5.74) is 7.35. The number of anilines is 1. The lowest BCUT2D eigenvalue weighted by atomic mass is 10.1. The van der Waals surface area contributed by atoms with E-state index in [4.69, 9.17) is 28.9 Å². The molecule has 0 bridgehead atoms. The van der Waals surface area contributed by atoms with E-state index in [0.29, 0.717) is 33.4 Å². The molecule has 0 aliphatic rings. The Kier molecular flexibility index (Phi) is 4.48. The van der Waals surface area contributed by atoms with Crippen LogP contribution in [0.2, 0.25) is 10.0 Å². The van der Waals surface area contributed by atoms with Crippen molar-refractivity contribution < 1.29 is 8.42 Å². The molecule has 2 rings (SSSR count). The Morgan fingerprint density at radius 2 is 2.00 bits per heavy atom. The van der Waals surface area contributed by atoms with Crippen LogP contribution in [0.3, 0.4) is 0 Å². The van der Waals surface area contributed by atoms with Gasteiger partial charge in [0, 0.05) is 31.7 Å². The fourth-order valence-electron chi connectivity index (χ4n) is 1.74. The van der Waals surface area contributed by atoms with E-state index < -0.39 is 10.2 Å². The Labute approximate surface area is 133 Å². The first-order valence-corrected chi connectivity index (χ1v) is 8.06.